The van der Waals surface area contributed by atoms with Crippen molar-refractivity contribution in [3.63, 3.8) is 0 Å². The smallest absolute Gasteiger partial charge is 0.227 e. The van der Waals surface area contributed by atoms with Crippen molar-refractivity contribution in [2.45, 2.75) is 36.4 Å². The molecule has 0 unspecified atom stereocenters. The van der Waals surface area contributed by atoms with Crippen molar-refractivity contribution in [2.24, 2.45) is 0 Å². The number of rotatable bonds is 2. The van der Waals surface area contributed by atoms with Crippen molar-refractivity contribution in [3.8, 4) is 5.75 Å². The molecule has 0 aliphatic carbocycles. The second kappa shape index (κ2) is 4.49. The third-order valence-electron chi connectivity index (χ3n) is 3.51. The fourth-order valence-corrected chi connectivity index (χ4v) is 4.83. The lowest BCUT2D eigenvalue weighted by molar-refractivity contribution is -0.142. The summed E-state index contributed by atoms with van der Waals surface area (Å²) in [6.07, 6.45) is 0.624. The van der Waals surface area contributed by atoms with Gasteiger partial charge in [-0.1, -0.05) is 18.2 Å². The van der Waals surface area contributed by atoms with Gasteiger partial charge in [-0.2, -0.15) is 0 Å². The summed E-state index contributed by atoms with van der Waals surface area (Å²) in [4.78, 5) is 13.6. The van der Waals surface area contributed by atoms with Gasteiger partial charge < -0.3 is 9.64 Å². The van der Waals surface area contributed by atoms with Crippen molar-refractivity contribution >= 4 is 34.9 Å². The highest BCUT2D eigenvalue weighted by Crippen LogP contribution is 2.51. The maximum atomic E-state index is 11.8. The van der Waals surface area contributed by atoms with Crippen molar-refractivity contribution in [1.29, 1.82) is 0 Å². The molecule has 0 aromatic heterocycles. The highest BCUT2D eigenvalue weighted by atomic mass is 32.2. The van der Waals surface area contributed by atoms with E-state index in [0.717, 1.165) is 5.75 Å². The summed E-state index contributed by atoms with van der Waals surface area (Å²) in [5, 5.41) is 0.754. The average Bonchev–Trinajstić information content (AvgIpc) is 2.57. The van der Waals surface area contributed by atoms with Crippen LogP contribution in [-0.4, -0.2) is 32.0 Å². The van der Waals surface area contributed by atoms with Crippen LogP contribution in [0.1, 0.15) is 20.3 Å². The second-order valence-corrected chi connectivity index (χ2v) is 7.55. The Morgan fingerprint density at radius 1 is 1.42 bits per heavy atom. The van der Waals surface area contributed by atoms with Crippen LogP contribution < -0.4 is 4.74 Å². The van der Waals surface area contributed by atoms with Crippen molar-refractivity contribution in [2.75, 3.05) is 0 Å². The molecule has 2 saturated heterocycles. The number of hydrogen-bond acceptors (Lipinski definition) is 4. The van der Waals surface area contributed by atoms with Crippen molar-refractivity contribution in [3.05, 3.63) is 30.3 Å². The Morgan fingerprint density at radius 3 is 2.74 bits per heavy atom. The molecule has 5 heteroatoms. The molecule has 0 bridgehead atoms. The summed E-state index contributed by atoms with van der Waals surface area (Å²) in [5.41, 5.74) is 0. The van der Waals surface area contributed by atoms with E-state index in [9.17, 15) is 4.79 Å². The molecule has 19 heavy (non-hydrogen) atoms. The quantitative estimate of drug-likeness (QED) is 0.619. The number of benzene rings is 1. The molecule has 1 amide bonds. The normalized spacial score (nSPS) is 27.7. The Labute approximate surface area is 122 Å². The van der Waals surface area contributed by atoms with Gasteiger partial charge in [-0.3, -0.25) is 4.79 Å². The number of thioether (sulfide) groups is 1. The molecule has 3 nitrogen and oxygen atoms in total. The predicted molar refractivity (Wildman–Crippen MR) is 80.4 cm³/mol. The number of thiocarbonyl (C=S) groups is 1. The summed E-state index contributed by atoms with van der Waals surface area (Å²) in [7, 11) is 0. The van der Waals surface area contributed by atoms with E-state index in [0.29, 0.717) is 11.5 Å². The third-order valence-corrected chi connectivity index (χ3v) is 5.31. The number of carbonyl (C=O) groups is 1. The van der Waals surface area contributed by atoms with Crippen molar-refractivity contribution in [1.82, 2.24) is 4.90 Å². The van der Waals surface area contributed by atoms with Crippen LogP contribution >= 0.6 is 24.0 Å². The van der Waals surface area contributed by atoms with E-state index in [1.54, 1.807) is 11.8 Å². The van der Waals surface area contributed by atoms with Gasteiger partial charge in [0.05, 0.1) is 11.8 Å². The van der Waals surface area contributed by atoms with Crippen molar-refractivity contribution < 1.29 is 9.53 Å². The Hall–Kier alpha value is -1.07. The fourth-order valence-electron chi connectivity index (χ4n) is 2.62. The van der Waals surface area contributed by atoms with E-state index in [4.69, 9.17) is 17.0 Å². The minimum Gasteiger partial charge on any atom is -0.448 e. The van der Waals surface area contributed by atoms with Gasteiger partial charge in [0.15, 0.2) is 5.05 Å². The summed E-state index contributed by atoms with van der Waals surface area (Å²) >= 11 is 7.24. The van der Waals surface area contributed by atoms with Crippen LogP contribution in [-0.2, 0) is 4.79 Å². The highest BCUT2D eigenvalue weighted by molar-refractivity contribution is 8.01. The molecular weight excluding hydrogens is 278 g/mol. The standard InChI is InChI=1S/C14H15NO2S2/c1-14(2)12(15-10(16)8-11(15)19-14)13(18)17-9-6-4-3-5-7-9/h3-7,11-12H,8H2,1-2H3/t11-,12+/m1/s1. The zero-order valence-electron chi connectivity index (χ0n) is 10.8. The first kappa shape index (κ1) is 12.9. The van der Waals surface area contributed by atoms with Gasteiger partial charge in [-0.15, -0.1) is 11.8 Å². The lowest BCUT2D eigenvalue weighted by Gasteiger charge is -2.38. The Bertz CT molecular complexity index is 530. The molecule has 0 spiro atoms. The lowest BCUT2D eigenvalue weighted by Crippen LogP contribution is -2.57. The first-order valence-electron chi connectivity index (χ1n) is 6.25. The molecule has 100 valence electrons. The summed E-state index contributed by atoms with van der Waals surface area (Å²) in [5.74, 6) is 0.900. The van der Waals surface area contributed by atoms with Gasteiger partial charge in [0.1, 0.15) is 11.8 Å². The maximum absolute atomic E-state index is 11.8. The molecule has 2 aliphatic heterocycles. The van der Waals surface area contributed by atoms with Gasteiger partial charge in [0.25, 0.3) is 0 Å². The van der Waals surface area contributed by atoms with Gasteiger partial charge in [-0.25, -0.2) is 0 Å². The van der Waals surface area contributed by atoms with E-state index in [1.165, 1.54) is 0 Å². The Morgan fingerprint density at radius 2 is 2.11 bits per heavy atom. The van der Waals surface area contributed by atoms with Gasteiger partial charge in [-0.05, 0) is 38.2 Å². The second-order valence-electron chi connectivity index (χ2n) is 5.32. The molecule has 0 radical (unpaired) electrons. The number of hydrogen-bond donors (Lipinski definition) is 0. The number of carbonyl (C=O) groups excluding carboxylic acids is 1. The van der Waals surface area contributed by atoms with Crippen LogP contribution in [0.25, 0.3) is 0 Å². The Balaban J connectivity index is 1.80. The SMILES string of the molecule is CC1(C)S[C@@H]2CC(=O)N2[C@H]1C(=S)Oc1ccccc1. The van der Waals surface area contributed by atoms with E-state index in [1.807, 2.05) is 35.2 Å². The molecule has 2 fully saturated rings. The topological polar surface area (TPSA) is 29.5 Å². The third kappa shape index (κ3) is 2.15. The first-order chi connectivity index (χ1) is 8.99. The number of nitrogens with zero attached hydrogens (tertiary/aromatic N) is 1. The van der Waals surface area contributed by atoms with Gasteiger partial charge in [0.2, 0.25) is 5.91 Å². The largest absolute Gasteiger partial charge is 0.448 e. The maximum Gasteiger partial charge on any atom is 0.227 e. The number of amides is 1. The zero-order chi connectivity index (χ0) is 13.6. The molecule has 0 saturated carbocycles. The molecule has 2 heterocycles. The molecular formula is C14H15NO2S2. The number of ether oxygens (including phenoxy) is 1. The minimum absolute atomic E-state index is 0.0946. The molecule has 0 N–H and O–H groups in total. The lowest BCUT2D eigenvalue weighted by atomic mass is 9.99. The number of β-lactam (4-membered cyclic amide) rings is 1. The van der Waals surface area contributed by atoms with Gasteiger partial charge >= 0.3 is 0 Å². The van der Waals surface area contributed by atoms with E-state index < -0.39 is 0 Å². The van der Waals surface area contributed by atoms with E-state index in [2.05, 4.69) is 13.8 Å². The zero-order valence-corrected chi connectivity index (χ0v) is 12.5. The Kier molecular flexibility index (Phi) is 3.06. The summed E-state index contributed by atoms with van der Waals surface area (Å²) < 4.78 is 5.66. The van der Waals surface area contributed by atoms with Crippen LogP contribution in [0.5, 0.6) is 5.75 Å². The van der Waals surface area contributed by atoms with Crippen LogP contribution in [0.2, 0.25) is 0 Å². The van der Waals surface area contributed by atoms with Crippen LogP contribution in [0.15, 0.2) is 30.3 Å². The first-order valence-corrected chi connectivity index (χ1v) is 7.53. The predicted octanol–water partition coefficient (Wildman–Crippen LogP) is 2.85. The fraction of sp³-hybridized carbons (Fsp3) is 0.429. The number of para-hydroxylation sites is 1. The molecule has 2 aliphatic rings. The summed E-state index contributed by atoms with van der Waals surface area (Å²) in [6, 6.07) is 9.36. The average molecular weight is 293 g/mol. The van der Waals surface area contributed by atoms with E-state index >= 15 is 0 Å². The van der Waals surface area contributed by atoms with Gasteiger partial charge in [0, 0.05) is 4.75 Å². The molecule has 2 atom stereocenters. The number of fused-ring (bicyclic) bond motifs is 1. The van der Waals surface area contributed by atoms with E-state index in [-0.39, 0.29) is 22.1 Å². The van der Waals surface area contributed by atoms with Crippen LogP contribution in [0.4, 0.5) is 0 Å². The molecule has 1 aromatic carbocycles. The highest BCUT2D eigenvalue weighted by Gasteiger charge is 2.57. The summed E-state index contributed by atoms with van der Waals surface area (Å²) in [6.45, 7) is 4.24. The monoisotopic (exact) mass is 293 g/mol. The molecule has 1 aromatic rings. The molecule has 3 rings (SSSR count). The van der Waals surface area contributed by atoms with Crippen LogP contribution in [0, 0.1) is 0 Å². The van der Waals surface area contributed by atoms with Crippen LogP contribution in [0.3, 0.4) is 0 Å². The minimum atomic E-state index is -0.126.